The summed E-state index contributed by atoms with van der Waals surface area (Å²) in [6, 6.07) is 15.3. The maximum atomic E-state index is 13.4. The van der Waals surface area contributed by atoms with Crippen molar-refractivity contribution in [1.29, 1.82) is 0 Å². The van der Waals surface area contributed by atoms with Gasteiger partial charge in [-0.25, -0.2) is 4.98 Å². The molecule has 142 valence electrons. The number of aromatic nitrogens is 2. The van der Waals surface area contributed by atoms with Crippen molar-refractivity contribution in [3.63, 3.8) is 0 Å². The predicted octanol–water partition coefficient (Wildman–Crippen LogP) is 4.99. The molecule has 0 fully saturated rings. The Balaban J connectivity index is 2.11. The highest BCUT2D eigenvalue weighted by Gasteiger charge is 2.18. The molecular weight excluding hydrogens is 368 g/mol. The summed E-state index contributed by atoms with van der Waals surface area (Å²) in [6.07, 6.45) is 0.844. The molecular formula is C23H22N2O2S. The summed E-state index contributed by atoms with van der Waals surface area (Å²) in [5.74, 6) is 1.08. The van der Waals surface area contributed by atoms with Gasteiger partial charge in [0, 0.05) is 22.2 Å². The van der Waals surface area contributed by atoms with Crippen molar-refractivity contribution >= 4 is 31.6 Å². The summed E-state index contributed by atoms with van der Waals surface area (Å²) in [7, 11) is 0. The Labute approximate surface area is 167 Å². The van der Waals surface area contributed by atoms with Crippen LogP contribution in [0.2, 0.25) is 0 Å². The second kappa shape index (κ2) is 7.32. The lowest BCUT2D eigenvalue weighted by molar-refractivity contribution is 0.509. The van der Waals surface area contributed by atoms with Gasteiger partial charge in [0.1, 0.15) is 16.0 Å². The first-order chi connectivity index (χ1) is 13.5. The van der Waals surface area contributed by atoms with Crippen molar-refractivity contribution in [1.82, 2.24) is 9.55 Å². The zero-order valence-electron chi connectivity index (χ0n) is 16.2. The van der Waals surface area contributed by atoms with E-state index in [0.29, 0.717) is 28.5 Å². The molecule has 0 amide bonds. The maximum absolute atomic E-state index is 13.4. The van der Waals surface area contributed by atoms with E-state index in [0.717, 1.165) is 22.2 Å². The van der Waals surface area contributed by atoms with Crippen LogP contribution >= 0.6 is 11.3 Å². The van der Waals surface area contributed by atoms with Crippen molar-refractivity contribution in [2.24, 2.45) is 5.92 Å². The van der Waals surface area contributed by atoms with Gasteiger partial charge in [0.2, 0.25) is 5.43 Å². The number of hydrogen-bond donors (Lipinski definition) is 0. The molecule has 0 aliphatic heterocycles. The van der Waals surface area contributed by atoms with E-state index in [-0.39, 0.29) is 16.4 Å². The minimum absolute atomic E-state index is 0.199. The predicted molar refractivity (Wildman–Crippen MR) is 117 cm³/mol. The van der Waals surface area contributed by atoms with Crippen LogP contribution in [0.5, 0.6) is 0 Å². The molecule has 0 saturated carbocycles. The minimum Gasteiger partial charge on any atom is -0.292 e. The van der Waals surface area contributed by atoms with E-state index in [1.807, 2.05) is 49.4 Å². The van der Waals surface area contributed by atoms with E-state index in [1.165, 1.54) is 11.3 Å². The Morgan fingerprint density at radius 1 is 1.04 bits per heavy atom. The topological polar surface area (TPSA) is 52.0 Å². The van der Waals surface area contributed by atoms with E-state index in [1.54, 1.807) is 10.6 Å². The highest BCUT2D eigenvalue weighted by molar-refractivity contribution is 7.24. The Hall–Kier alpha value is -2.79. The lowest BCUT2D eigenvalue weighted by Gasteiger charge is -2.16. The Kier molecular flexibility index (Phi) is 4.85. The van der Waals surface area contributed by atoms with E-state index < -0.39 is 0 Å². The van der Waals surface area contributed by atoms with Crippen molar-refractivity contribution in [2.45, 2.75) is 33.7 Å². The van der Waals surface area contributed by atoms with Gasteiger partial charge in [-0.15, -0.1) is 11.3 Å². The number of aryl methyl sites for hydroxylation is 1. The van der Waals surface area contributed by atoms with Crippen LogP contribution in [0.4, 0.5) is 0 Å². The largest absolute Gasteiger partial charge is 0.292 e. The molecule has 4 nitrogen and oxygen atoms in total. The number of rotatable bonds is 4. The van der Waals surface area contributed by atoms with Crippen LogP contribution < -0.4 is 11.0 Å². The van der Waals surface area contributed by atoms with Crippen LogP contribution in [0, 0.1) is 12.8 Å². The average molecular weight is 391 g/mol. The average Bonchev–Trinajstić information content (AvgIpc) is 2.67. The minimum atomic E-state index is -0.240. The molecule has 0 radical (unpaired) electrons. The number of nitrogens with zero attached hydrogens (tertiary/aromatic N) is 2. The van der Waals surface area contributed by atoms with Crippen LogP contribution in [-0.2, 0) is 6.54 Å². The van der Waals surface area contributed by atoms with Crippen molar-refractivity contribution in [3.8, 4) is 11.4 Å². The molecule has 5 heteroatoms. The normalized spacial score (nSPS) is 11.6. The quantitative estimate of drug-likeness (QED) is 0.461. The summed E-state index contributed by atoms with van der Waals surface area (Å²) >= 11 is 1.40. The number of benzene rings is 2. The van der Waals surface area contributed by atoms with Gasteiger partial charge < -0.3 is 0 Å². The molecule has 0 bridgehead atoms. The molecule has 2 heterocycles. The smallest absolute Gasteiger partial charge is 0.266 e. The lowest BCUT2D eigenvalue weighted by atomic mass is 10.1. The fraction of sp³-hybridized carbons (Fsp3) is 0.261. The molecule has 4 rings (SSSR count). The lowest BCUT2D eigenvalue weighted by Crippen LogP contribution is -2.28. The molecule has 0 saturated heterocycles. The highest BCUT2D eigenvalue weighted by atomic mass is 32.1. The van der Waals surface area contributed by atoms with Gasteiger partial charge in [0.15, 0.2) is 0 Å². The Morgan fingerprint density at radius 3 is 2.50 bits per heavy atom. The summed E-state index contributed by atoms with van der Waals surface area (Å²) in [6.45, 7) is 6.81. The van der Waals surface area contributed by atoms with Gasteiger partial charge >= 0.3 is 0 Å². The highest BCUT2D eigenvalue weighted by Crippen LogP contribution is 2.26. The first-order valence-electron chi connectivity index (χ1n) is 9.49. The molecule has 0 aliphatic rings. The third-order valence-electron chi connectivity index (χ3n) is 5.02. The van der Waals surface area contributed by atoms with Gasteiger partial charge in [0.25, 0.3) is 5.56 Å². The first kappa shape index (κ1) is 18.6. The summed E-state index contributed by atoms with van der Waals surface area (Å²) in [5.41, 5.74) is 1.52. The fourth-order valence-electron chi connectivity index (χ4n) is 3.41. The van der Waals surface area contributed by atoms with E-state index in [4.69, 9.17) is 4.98 Å². The van der Waals surface area contributed by atoms with Crippen LogP contribution in [0.3, 0.4) is 0 Å². The monoisotopic (exact) mass is 390 g/mol. The van der Waals surface area contributed by atoms with Crippen LogP contribution in [0.25, 0.3) is 31.7 Å². The zero-order chi connectivity index (χ0) is 19.8. The van der Waals surface area contributed by atoms with Crippen LogP contribution in [-0.4, -0.2) is 9.55 Å². The van der Waals surface area contributed by atoms with E-state index >= 15 is 0 Å². The second-order valence-corrected chi connectivity index (χ2v) is 8.53. The molecule has 2 aromatic heterocycles. The Morgan fingerprint density at radius 2 is 1.75 bits per heavy atom. The zero-order valence-corrected chi connectivity index (χ0v) is 17.0. The molecule has 0 aliphatic carbocycles. The van der Waals surface area contributed by atoms with Crippen molar-refractivity contribution in [2.75, 3.05) is 0 Å². The molecule has 0 atom stereocenters. The fourth-order valence-corrected chi connectivity index (χ4v) is 4.45. The Bertz CT molecular complexity index is 1300. The third kappa shape index (κ3) is 3.16. The first-order valence-corrected chi connectivity index (χ1v) is 10.3. The summed E-state index contributed by atoms with van der Waals surface area (Å²) < 4.78 is 2.54. The molecule has 0 N–H and O–H groups in total. The third-order valence-corrected chi connectivity index (χ3v) is 6.08. The number of fused-ring (bicyclic) bond motifs is 2. The second-order valence-electron chi connectivity index (χ2n) is 7.50. The standard InChI is InChI=1S/C23H22N2O2S/c1-14(2)12-13-25-21(16-9-5-4-8-15(16)3)24-22-19(23(25)27)20(26)17-10-6-7-11-18(17)28-22/h4-11,14H,12-13H2,1-3H3. The molecule has 0 unspecified atom stereocenters. The molecule has 4 aromatic rings. The van der Waals surface area contributed by atoms with Crippen molar-refractivity contribution < 1.29 is 0 Å². The van der Waals surface area contributed by atoms with E-state index in [2.05, 4.69) is 13.8 Å². The van der Waals surface area contributed by atoms with Crippen LogP contribution in [0.1, 0.15) is 25.8 Å². The summed E-state index contributed by atoms with van der Waals surface area (Å²) in [5, 5.41) is 0.780. The van der Waals surface area contributed by atoms with Crippen molar-refractivity contribution in [3.05, 3.63) is 74.7 Å². The summed E-state index contributed by atoms with van der Waals surface area (Å²) in [4.78, 5) is 31.9. The van der Waals surface area contributed by atoms with Gasteiger partial charge in [0.05, 0.1) is 0 Å². The van der Waals surface area contributed by atoms with Gasteiger partial charge in [-0.1, -0.05) is 50.2 Å². The molecule has 0 spiro atoms. The van der Waals surface area contributed by atoms with Gasteiger partial charge in [-0.05, 0) is 37.0 Å². The van der Waals surface area contributed by atoms with Crippen LogP contribution in [0.15, 0.2) is 58.1 Å². The van der Waals surface area contributed by atoms with E-state index in [9.17, 15) is 9.59 Å². The molecule has 28 heavy (non-hydrogen) atoms. The SMILES string of the molecule is Cc1ccccc1-c1nc2sc3ccccc3c(=O)c2c(=O)n1CCC(C)C. The molecule has 2 aromatic carbocycles. The number of hydrogen-bond acceptors (Lipinski definition) is 4. The maximum Gasteiger partial charge on any atom is 0.266 e. The van der Waals surface area contributed by atoms with Gasteiger partial charge in [-0.3, -0.25) is 14.2 Å². The van der Waals surface area contributed by atoms with Gasteiger partial charge in [-0.2, -0.15) is 0 Å².